The first-order valence-electron chi connectivity index (χ1n) is 6.84. The fourth-order valence-electron chi connectivity index (χ4n) is 2.49. The van der Waals surface area contributed by atoms with Gasteiger partial charge in [-0.2, -0.15) is 0 Å². The summed E-state index contributed by atoms with van der Waals surface area (Å²) in [5.74, 6) is 1.94. The summed E-state index contributed by atoms with van der Waals surface area (Å²) >= 11 is 0. The average Bonchev–Trinajstić information content (AvgIpc) is 2.76. The number of hydrogen-bond acceptors (Lipinski definition) is 4. The quantitative estimate of drug-likeness (QED) is 0.886. The van der Waals surface area contributed by atoms with Gasteiger partial charge in [0, 0.05) is 30.6 Å². The maximum Gasteiger partial charge on any atom is 0.191 e. The van der Waals surface area contributed by atoms with Crippen LogP contribution in [0.25, 0.3) is 11.0 Å². The topological polar surface area (TPSA) is 49.6 Å². The summed E-state index contributed by atoms with van der Waals surface area (Å²) in [5, 5.41) is 7.84. The number of aryl methyl sites for hydroxylation is 1. The normalized spacial score (nSPS) is 15.1. The molecule has 0 radical (unpaired) electrons. The molecule has 0 unspecified atom stereocenters. The molecule has 0 amide bonds. The lowest BCUT2D eigenvalue weighted by atomic mass is 10.1. The van der Waals surface area contributed by atoms with Gasteiger partial charge in [-0.15, -0.1) is 0 Å². The maximum atomic E-state index is 5.77. The van der Waals surface area contributed by atoms with Crippen molar-refractivity contribution in [2.24, 2.45) is 4.99 Å². The fraction of sp³-hybridized carbons (Fsp3) is 0.400. The zero-order valence-corrected chi connectivity index (χ0v) is 11.2. The third-order valence-corrected chi connectivity index (χ3v) is 3.46. The van der Waals surface area contributed by atoms with Crippen molar-refractivity contribution in [1.29, 1.82) is 0 Å². The van der Waals surface area contributed by atoms with E-state index in [4.69, 9.17) is 4.42 Å². The molecule has 0 bridgehead atoms. The minimum atomic E-state index is 0.871. The van der Waals surface area contributed by atoms with E-state index in [1.807, 2.05) is 19.1 Å². The molecule has 1 aromatic carbocycles. The number of hydrogen-bond donors (Lipinski definition) is 2. The Morgan fingerprint density at radius 3 is 3.11 bits per heavy atom. The highest BCUT2D eigenvalue weighted by Crippen LogP contribution is 2.25. The standard InChI is InChI=1S/C15H19N3O/c1-11-12(13-5-2-3-6-14(13)19-11)7-10-18-15-16-8-4-9-17-15/h2-3,5-6H,4,7-10H2,1H3,(H2,16,17,18). The second kappa shape index (κ2) is 5.34. The van der Waals surface area contributed by atoms with Crippen LogP contribution in [-0.2, 0) is 6.42 Å². The van der Waals surface area contributed by atoms with Gasteiger partial charge < -0.3 is 15.1 Å². The van der Waals surface area contributed by atoms with Crippen molar-refractivity contribution < 1.29 is 4.42 Å². The van der Waals surface area contributed by atoms with Gasteiger partial charge in [0.05, 0.1) is 0 Å². The summed E-state index contributed by atoms with van der Waals surface area (Å²) in [6.45, 7) is 4.84. The number of nitrogens with one attached hydrogen (secondary N) is 2. The van der Waals surface area contributed by atoms with Crippen molar-refractivity contribution in [3.05, 3.63) is 35.6 Å². The highest BCUT2D eigenvalue weighted by atomic mass is 16.3. The third kappa shape index (κ3) is 2.57. The Labute approximate surface area is 112 Å². The van der Waals surface area contributed by atoms with E-state index in [2.05, 4.69) is 27.8 Å². The molecule has 0 saturated carbocycles. The van der Waals surface area contributed by atoms with Gasteiger partial charge in [-0.3, -0.25) is 4.99 Å². The zero-order chi connectivity index (χ0) is 13.1. The molecule has 100 valence electrons. The van der Waals surface area contributed by atoms with Crippen LogP contribution in [0, 0.1) is 6.92 Å². The van der Waals surface area contributed by atoms with Crippen LogP contribution in [0.15, 0.2) is 33.7 Å². The summed E-state index contributed by atoms with van der Waals surface area (Å²) in [7, 11) is 0. The number of fused-ring (bicyclic) bond motifs is 1. The van der Waals surface area contributed by atoms with Gasteiger partial charge >= 0.3 is 0 Å². The molecule has 0 spiro atoms. The lowest BCUT2D eigenvalue weighted by molar-refractivity contribution is 0.571. The lowest BCUT2D eigenvalue weighted by Gasteiger charge is -2.15. The molecule has 0 aliphatic carbocycles. The average molecular weight is 257 g/mol. The fourth-order valence-corrected chi connectivity index (χ4v) is 2.49. The maximum absolute atomic E-state index is 5.77. The Morgan fingerprint density at radius 2 is 2.26 bits per heavy atom. The molecule has 1 aliphatic heterocycles. The molecule has 1 aromatic heterocycles. The van der Waals surface area contributed by atoms with Crippen LogP contribution in [0.3, 0.4) is 0 Å². The van der Waals surface area contributed by atoms with E-state index in [-0.39, 0.29) is 0 Å². The minimum Gasteiger partial charge on any atom is -0.461 e. The van der Waals surface area contributed by atoms with Crippen molar-refractivity contribution in [3.8, 4) is 0 Å². The number of rotatable bonds is 3. The number of aliphatic imine (C=N–C) groups is 1. The number of benzene rings is 1. The van der Waals surface area contributed by atoms with E-state index >= 15 is 0 Å². The highest BCUT2D eigenvalue weighted by Gasteiger charge is 2.10. The Morgan fingerprint density at radius 1 is 1.37 bits per heavy atom. The molecule has 2 aromatic rings. The van der Waals surface area contributed by atoms with Crippen LogP contribution < -0.4 is 10.6 Å². The predicted molar refractivity (Wildman–Crippen MR) is 77.6 cm³/mol. The van der Waals surface area contributed by atoms with E-state index in [9.17, 15) is 0 Å². The van der Waals surface area contributed by atoms with Crippen LogP contribution in [-0.4, -0.2) is 25.6 Å². The first kappa shape index (κ1) is 12.1. The molecular formula is C15H19N3O. The van der Waals surface area contributed by atoms with Crippen LogP contribution in [0.2, 0.25) is 0 Å². The molecule has 19 heavy (non-hydrogen) atoms. The first-order chi connectivity index (χ1) is 9.34. The number of guanidine groups is 1. The summed E-state index contributed by atoms with van der Waals surface area (Å²) in [5.41, 5.74) is 2.27. The van der Waals surface area contributed by atoms with E-state index in [1.54, 1.807) is 0 Å². The molecular weight excluding hydrogens is 238 g/mol. The van der Waals surface area contributed by atoms with Crippen molar-refractivity contribution in [1.82, 2.24) is 10.6 Å². The minimum absolute atomic E-state index is 0.871. The Kier molecular flexibility index (Phi) is 3.40. The molecule has 2 N–H and O–H groups in total. The van der Waals surface area contributed by atoms with Crippen molar-refractivity contribution >= 4 is 16.9 Å². The van der Waals surface area contributed by atoms with E-state index in [0.717, 1.165) is 49.8 Å². The van der Waals surface area contributed by atoms with Gasteiger partial charge in [-0.25, -0.2) is 0 Å². The predicted octanol–water partition coefficient (Wildman–Crippen LogP) is 2.22. The van der Waals surface area contributed by atoms with Gasteiger partial charge in [-0.1, -0.05) is 18.2 Å². The highest BCUT2D eigenvalue weighted by molar-refractivity contribution is 5.82. The monoisotopic (exact) mass is 257 g/mol. The van der Waals surface area contributed by atoms with Gasteiger partial charge in [0.25, 0.3) is 0 Å². The SMILES string of the molecule is Cc1oc2ccccc2c1CCNC1=NCCCN1. The number of para-hydroxylation sites is 1. The molecule has 2 heterocycles. The molecule has 0 saturated heterocycles. The van der Waals surface area contributed by atoms with Crippen LogP contribution in [0.5, 0.6) is 0 Å². The van der Waals surface area contributed by atoms with E-state index < -0.39 is 0 Å². The van der Waals surface area contributed by atoms with Crippen LogP contribution >= 0.6 is 0 Å². The van der Waals surface area contributed by atoms with Crippen LogP contribution in [0.1, 0.15) is 17.7 Å². The second-order valence-electron chi connectivity index (χ2n) is 4.82. The molecule has 3 rings (SSSR count). The molecule has 4 heteroatoms. The van der Waals surface area contributed by atoms with Gasteiger partial charge in [0.1, 0.15) is 11.3 Å². The summed E-state index contributed by atoms with van der Waals surface area (Å²) in [6.07, 6.45) is 2.07. The molecule has 0 fully saturated rings. The third-order valence-electron chi connectivity index (χ3n) is 3.46. The van der Waals surface area contributed by atoms with Crippen molar-refractivity contribution in [3.63, 3.8) is 0 Å². The van der Waals surface area contributed by atoms with Gasteiger partial charge in [0.15, 0.2) is 5.96 Å². The van der Waals surface area contributed by atoms with Crippen molar-refractivity contribution in [2.45, 2.75) is 19.8 Å². The number of furan rings is 1. The van der Waals surface area contributed by atoms with E-state index in [1.165, 1.54) is 10.9 Å². The van der Waals surface area contributed by atoms with E-state index in [0.29, 0.717) is 0 Å². The van der Waals surface area contributed by atoms with Crippen molar-refractivity contribution in [2.75, 3.05) is 19.6 Å². The Hall–Kier alpha value is -1.97. The van der Waals surface area contributed by atoms with Gasteiger partial charge in [-0.05, 0) is 25.8 Å². The smallest absolute Gasteiger partial charge is 0.191 e. The lowest BCUT2D eigenvalue weighted by Crippen LogP contribution is -2.41. The van der Waals surface area contributed by atoms with Crippen LogP contribution in [0.4, 0.5) is 0 Å². The Bertz CT molecular complexity index is 600. The zero-order valence-electron chi connectivity index (χ0n) is 11.2. The summed E-state index contributed by atoms with van der Waals surface area (Å²) in [4.78, 5) is 4.40. The first-order valence-corrected chi connectivity index (χ1v) is 6.84. The number of nitrogens with zero attached hydrogens (tertiary/aromatic N) is 1. The second-order valence-corrected chi connectivity index (χ2v) is 4.82. The largest absolute Gasteiger partial charge is 0.461 e. The summed E-state index contributed by atoms with van der Waals surface area (Å²) < 4.78 is 5.77. The van der Waals surface area contributed by atoms with Gasteiger partial charge in [0.2, 0.25) is 0 Å². The molecule has 0 atom stereocenters. The Balaban J connectivity index is 1.68. The summed E-state index contributed by atoms with van der Waals surface area (Å²) in [6, 6.07) is 8.21. The molecule has 4 nitrogen and oxygen atoms in total. The molecule has 1 aliphatic rings.